The standard InChI is InChI=1S/C16H27N3O3/c1-3-5-9-21-14-11-13(16(20)18-8-7-17)19-12-15(14)22-10-6-4-2/h11-12H,3-10,17H2,1-2H3,(H,18,20). The minimum atomic E-state index is -0.258. The molecule has 0 saturated carbocycles. The summed E-state index contributed by atoms with van der Waals surface area (Å²) in [4.78, 5) is 16.1. The molecule has 0 bridgehead atoms. The summed E-state index contributed by atoms with van der Waals surface area (Å²) in [6.45, 7) is 6.21. The number of nitrogens with two attached hydrogens (primary N) is 1. The molecule has 0 radical (unpaired) electrons. The van der Waals surface area contributed by atoms with Crippen molar-refractivity contribution in [3.8, 4) is 11.5 Å². The van der Waals surface area contributed by atoms with Gasteiger partial charge in [-0.15, -0.1) is 0 Å². The van der Waals surface area contributed by atoms with Crippen LogP contribution in [-0.4, -0.2) is 37.2 Å². The molecule has 0 aliphatic carbocycles. The highest BCUT2D eigenvalue weighted by atomic mass is 16.5. The lowest BCUT2D eigenvalue weighted by atomic mass is 10.3. The first kappa shape index (κ1) is 18.2. The summed E-state index contributed by atoms with van der Waals surface area (Å²) in [5.74, 6) is 0.892. The van der Waals surface area contributed by atoms with Crippen molar-refractivity contribution in [1.82, 2.24) is 10.3 Å². The maximum absolute atomic E-state index is 11.9. The molecule has 6 heteroatoms. The van der Waals surface area contributed by atoms with Gasteiger partial charge in [-0.2, -0.15) is 0 Å². The SMILES string of the molecule is CCCCOc1cnc(C(=O)NCCN)cc1OCCCC. The van der Waals surface area contributed by atoms with Gasteiger partial charge in [0.1, 0.15) is 5.69 Å². The fraction of sp³-hybridized carbons (Fsp3) is 0.625. The predicted molar refractivity (Wildman–Crippen MR) is 86.4 cm³/mol. The summed E-state index contributed by atoms with van der Waals surface area (Å²) < 4.78 is 11.4. The fourth-order valence-electron chi connectivity index (χ4n) is 1.70. The van der Waals surface area contributed by atoms with E-state index in [1.54, 1.807) is 12.3 Å². The first-order chi connectivity index (χ1) is 10.7. The van der Waals surface area contributed by atoms with Gasteiger partial charge >= 0.3 is 0 Å². The Labute approximate surface area is 132 Å². The van der Waals surface area contributed by atoms with Gasteiger partial charge in [0.2, 0.25) is 0 Å². The molecule has 3 N–H and O–H groups in total. The van der Waals surface area contributed by atoms with Crippen LogP contribution in [0.2, 0.25) is 0 Å². The summed E-state index contributed by atoms with van der Waals surface area (Å²) in [5, 5.41) is 2.69. The van der Waals surface area contributed by atoms with Gasteiger partial charge in [-0.25, -0.2) is 4.98 Å². The van der Waals surface area contributed by atoms with Gasteiger partial charge in [0.05, 0.1) is 19.4 Å². The lowest BCUT2D eigenvalue weighted by molar-refractivity contribution is 0.0949. The number of carbonyl (C=O) groups is 1. The quantitative estimate of drug-likeness (QED) is 0.612. The van der Waals surface area contributed by atoms with Crippen LogP contribution < -0.4 is 20.5 Å². The van der Waals surface area contributed by atoms with E-state index in [-0.39, 0.29) is 5.91 Å². The first-order valence-electron chi connectivity index (χ1n) is 7.96. The molecule has 0 fully saturated rings. The number of amides is 1. The number of nitrogens with one attached hydrogen (secondary N) is 1. The Bertz CT molecular complexity index is 452. The average Bonchev–Trinajstić information content (AvgIpc) is 2.54. The van der Waals surface area contributed by atoms with Crippen LogP contribution in [0.5, 0.6) is 11.5 Å². The third kappa shape index (κ3) is 6.30. The molecule has 1 rings (SSSR count). The Morgan fingerprint density at radius 1 is 1.18 bits per heavy atom. The van der Waals surface area contributed by atoms with E-state index in [0.29, 0.717) is 43.5 Å². The van der Waals surface area contributed by atoms with E-state index < -0.39 is 0 Å². The smallest absolute Gasteiger partial charge is 0.270 e. The second-order valence-electron chi connectivity index (χ2n) is 4.96. The van der Waals surface area contributed by atoms with Crippen LogP contribution in [0.25, 0.3) is 0 Å². The molecule has 0 spiro atoms. The van der Waals surface area contributed by atoms with Crippen molar-refractivity contribution in [1.29, 1.82) is 0 Å². The van der Waals surface area contributed by atoms with Crippen LogP contribution in [0.4, 0.5) is 0 Å². The van der Waals surface area contributed by atoms with Crippen LogP contribution in [-0.2, 0) is 0 Å². The summed E-state index contributed by atoms with van der Waals surface area (Å²) in [7, 11) is 0. The van der Waals surface area contributed by atoms with Crippen LogP contribution in [0, 0.1) is 0 Å². The topological polar surface area (TPSA) is 86.5 Å². The van der Waals surface area contributed by atoms with Crippen molar-refractivity contribution in [2.24, 2.45) is 5.73 Å². The van der Waals surface area contributed by atoms with E-state index in [2.05, 4.69) is 24.1 Å². The molecule has 6 nitrogen and oxygen atoms in total. The van der Waals surface area contributed by atoms with Crippen LogP contribution in [0.1, 0.15) is 50.0 Å². The summed E-state index contributed by atoms with van der Waals surface area (Å²) >= 11 is 0. The Morgan fingerprint density at radius 3 is 2.41 bits per heavy atom. The number of aromatic nitrogens is 1. The van der Waals surface area contributed by atoms with Gasteiger partial charge in [-0.3, -0.25) is 4.79 Å². The van der Waals surface area contributed by atoms with Crippen LogP contribution in [0.15, 0.2) is 12.3 Å². The van der Waals surface area contributed by atoms with Crippen LogP contribution >= 0.6 is 0 Å². The van der Waals surface area contributed by atoms with Gasteiger partial charge in [-0.1, -0.05) is 26.7 Å². The van der Waals surface area contributed by atoms with Crippen LogP contribution in [0.3, 0.4) is 0 Å². The number of hydrogen-bond acceptors (Lipinski definition) is 5. The summed E-state index contributed by atoms with van der Waals surface area (Å²) in [6.07, 6.45) is 5.56. The molecule has 1 heterocycles. The number of pyridine rings is 1. The fourth-order valence-corrected chi connectivity index (χ4v) is 1.70. The molecular formula is C16H27N3O3. The van der Waals surface area contributed by atoms with Crippen molar-refractivity contribution < 1.29 is 14.3 Å². The van der Waals surface area contributed by atoms with Gasteiger partial charge in [0.15, 0.2) is 11.5 Å². The van der Waals surface area contributed by atoms with Gasteiger partial charge in [-0.05, 0) is 12.8 Å². The molecule has 0 aliphatic heterocycles. The molecule has 0 aromatic carbocycles. The Morgan fingerprint density at radius 2 is 1.82 bits per heavy atom. The van der Waals surface area contributed by atoms with Crippen molar-refractivity contribution in [2.75, 3.05) is 26.3 Å². The minimum absolute atomic E-state index is 0.258. The van der Waals surface area contributed by atoms with Crippen molar-refractivity contribution in [3.05, 3.63) is 18.0 Å². The number of rotatable bonds is 11. The van der Waals surface area contributed by atoms with E-state index in [9.17, 15) is 4.79 Å². The number of hydrogen-bond donors (Lipinski definition) is 2. The monoisotopic (exact) mass is 309 g/mol. The number of ether oxygens (including phenoxy) is 2. The Balaban J connectivity index is 2.80. The molecule has 124 valence electrons. The van der Waals surface area contributed by atoms with Gasteiger partial charge < -0.3 is 20.5 Å². The zero-order valence-electron chi connectivity index (χ0n) is 13.6. The summed E-state index contributed by atoms with van der Waals surface area (Å²) in [6, 6.07) is 1.63. The molecule has 1 aromatic rings. The van der Waals surface area contributed by atoms with Crippen molar-refractivity contribution in [2.45, 2.75) is 39.5 Å². The molecule has 22 heavy (non-hydrogen) atoms. The van der Waals surface area contributed by atoms with E-state index in [1.807, 2.05) is 0 Å². The zero-order chi connectivity index (χ0) is 16.2. The highest BCUT2D eigenvalue weighted by molar-refractivity contribution is 5.92. The van der Waals surface area contributed by atoms with Gasteiger partial charge in [0.25, 0.3) is 5.91 Å². The van der Waals surface area contributed by atoms with E-state index >= 15 is 0 Å². The molecule has 0 aliphatic rings. The maximum Gasteiger partial charge on any atom is 0.270 e. The number of unbranched alkanes of at least 4 members (excludes halogenated alkanes) is 2. The largest absolute Gasteiger partial charge is 0.490 e. The molecule has 0 atom stereocenters. The lowest BCUT2D eigenvalue weighted by Gasteiger charge is -2.13. The van der Waals surface area contributed by atoms with E-state index in [1.165, 1.54) is 0 Å². The second kappa shape index (κ2) is 10.8. The van der Waals surface area contributed by atoms with Crippen molar-refractivity contribution in [3.63, 3.8) is 0 Å². The van der Waals surface area contributed by atoms with Crippen molar-refractivity contribution >= 4 is 5.91 Å². The molecular weight excluding hydrogens is 282 g/mol. The predicted octanol–water partition coefficient (Wildman–Crippen LogP) is 2.13. The normalized spacial score (nSPS) is 10.3. The Kier molecular flexibility index (Phi) is 8.98. The Hall–Kier alpha value is -1.82. The third-order valence-corrected chi connectivity index (χ3v) is 3.00. The van der Waals surface area contributed by atoms with E-state index in [0.717, 1.165) is 25.7 Å². The average molecular weight is 309 g/mol. The summed E-state index contributed by atoms with van der Waals surface area (Å²) in [5.41, 5.74) is 5.69. The molecule has 0 saturated heterocycles. The third-order valence-electron chi connectivity index (χ3n) is 3.00. The maximum atomic E-state index is 11.9. The molecule has 0 unspecified atom stereocenters. The van der Waals surface area contributed by atoms with E-state index in [4.69, 9.17) is 15.2 Å². The van der Waals surface area contributed by atoms with Gasteiger partial charge in [0, 0.05) is 19.2 Å². The first-order valence-corrected chi connectivity index (χ1v) is 7.96. The number of carbonyl (C=O) groups excluding carboxylic acids is 1. The zero-order valence-corrected chi connectivity index (χ0v) is 13.6. The minimum Gasteiger partial charge on any atom is -0.490 e. The highest BCUT2D eigenvalue weighted by Gasteiger charge is 2.13. The molecule has 1 amide bonds. The number of nitrogens with zero attached hydrogens (tertiary/aromatic N) is 1. The highest BCUT2D eigenvalue weighted by Crippen LogP contribution is 2.27. The molecule has 1 aromatic heterocycles. The second-order valence-corrected chi connectivity index (χ2v) is 4.96. The lowest BCUT2D eigenvalue weighted by Crippen LogP contribution is -2.29.